The summed E-state index contributed by atoms with van der Waals surface area (Å²) in [4.78, 5) is 29.4. The first-order valence-electron chi connectivity index (χ1n) is 8.08. The zero-order valence-corrected chi connectivity index (χ0v) is 16.5. The van der Waals surface area contributed by atoms with E-state index in [-0.39, 0.29) is 22.8 Å². The Bertz CT molecular complexity index is 1060. The first kappa shape index (κ1) is 19.2. The van der Waals surface area contributed by atoms with E-state index in [2.05, 4.69) is 4.98 Å². The van der Waals surface area contributed by atoms with Gasteiger partial charge >= 0.3 is 5.97 Å². The van der Waals surface area contributed by atoms with Crippen molar-refractivity contribution in [2.45, 2.75) is 20.5 Å². The van der Waals surface area contributed by atoms with Crippen molar-refractivity contribution >= 4 is 33.9 Å². The van der Waals surface area contributed by atoms with Crippen molar-refractivity contribution in [1.29, 1.82) is 0 Å². The predicted octanol–water partition coefficient (Wildman–Crippen LogP) is 3.48. The standard InChI is InChI=1S/C18H17ClN2O5S/c1-4-25-16-13(19)5-11(6-14(16)24-3)17(23)26-8-12-7-15(22)21-10(2)9-27-18(21)20-12/h5-7,9H,4,8H2,1-3H3. The van der Waals surface area contributed by atoms with Crippen molar-refractivity contribution in [3.63, 3.8) is 0 Å². The van der Waals surface area contributed by atoms with E-state index in [4.69, 9.17) is 25.8 Å². The van der Waals surface area contributed by atoms with Gasteiger partial charge in [0.1, 0.15) is 6.61 Å². The minimum Gasteiger partial charge on any atom is -0.493 e. The second kappa shape index (κ2) is 7.98. The number of nitrogens with zero attached hydrogens (tertiary/aromatic N) is 2. The molecule has 0 N–H and O–H groups in total. The molecular weight excluding hydrogens is 392 g/mol. The van der Waals surface area contributed by atoms with Gasteiger partial charge in [-0.2, -0.15) is 0 Å². The molecule has 0 spiro atoms. The van der Waals surface area contributed by atoms with E-state index >= 15 is 0 Å². The smallest absolute Gasteiger partial charge is 0.338 e. The molecule has 27 heavy (non-hydrogen) atoms. The van der Waals surface area contributed by atoms with Crippen molar-refractivity contribution in [3.05, 3.63) is 55.9 Å². The molecule has 0 amide bonds. The molecule has 0 aliphatic carbocycles. The molecule has 0 bridgehead atoms. The Labute approximate surface area is 164 Å². The number of carbonyl (C=O) groups excluding carboxylic acids is 1. The Morgan fingerprint density at radius 3 is 2.81 bits per heavy atom. The van der Waals surface area contributed by atoms with E-state index in [1.165, 1.54) is 41.0 Å². The summed E-state index contributed by atoms with van der Waals surface area (Å²) < 4.78 is 17.4. The molecule has 0 atom stereocenters. The van der Waals surface area contributed by atoms with Crippen LogP contribution in [0.4, 0.5) is 0 Å². The van der Waals surface area contributed by atoms with E-state index in [1.807, 2.05) is 19.2 Å². The van der Waals surface area contributed by atoms with Crippen molar-refractivity contribution in [3.8, 4) is 11.5 Å². The minimum absolute atomic E-state index is 0.130. The number of benzene rings is 1. The van der Waals surface area contributed by atoms with Crippen LogP contribution in [0.25, 0.3) is 4.96 Å². The van der Waals surface area contributed by atoms with Crippen LogP contribution >= 0.6 is 22.9 Å². The number of rotatable bonds is 6. The van der Waals surface area contributed by atoms with Crippen LogP contribution in [-0.4, -0.2) is 29.1 Å². The van der Waals surface area contributed by atoms with E-state index in [9.17, 15) is 9.59 Å². The number of fused-ring (bicyclic) bond motifs is 1. The van der Waals surface area contributed by atoms with Gasteiger partial charge in [0.25, 0.3) is 5.56 Å². The number of carbonyl (C=O) groups is 1. The van der Waals surface area contributed by atoms with Crippen LogP contribution in [0.5, 0.6) is 11.5 Å². The van der Waals surface area contributed by atoms with Gasteiger partial charge in [-0.15, -0.1) is 11.3 Å². The summed E-state index contributed by atoms with van der Waals surface area (Å²) in [5, 5.41) is 2.09. The van der Waals surface area contributed by atoms with E-state index in [1.54, 1.807) is 0 Å². The molecule has 0 unspecified atom stereocenters. The summed E-state index contributed by atoms with van der Waals surface area (Å²) in [6.07, 6.45) is 0. The van der Waals surface area contributed by atoms with Crippen LogP contribution in [0.1, 0.15) is 28.7 Å². The second-order valence-electron chi connectivity index (χ2n) is 5.58. The fourth-order valence-electron chi connectivity index (χ4n) is 2.52. The van der Waals surface area contributed by atoms with Crippen molar-refractivity contribution in [2.75, 3.05) is 13.7 Å². The van der Waals surface area contributed by atoms with Crippen molar-refractivity contribution in [2.24, 2.45) is 0 Å². The van der Waals surface area contributed by atoms with Gasteiger partial charge in [0, 0.05) is 17.1 Å². The lowest BCUT2D eigenvalue weighted by molar-refractivity contribution is 0.0467. The number of aryl methyl sites for hydroxylation is 1. The van der Waals surface area contributed by atoms with Gasteiger partial charge in [-0.3, -0.25) is 9.20 Å². The maximum atomic E-state index is 12.4. The lowest BCUT2D eigenvalue weighted by Gasteiger charge is -2.13. The zero-order chi connectivity index (χ0) is 19.6. The molecule has 0 saturated carbocycles. The molecule has 0 aliphatic rings. The number of halogens is 1. The van der Waals surface area contributed by atoms with Crippen LogP contribution in [-0.2, 0) is 11.3 Å². The van der Waals surface area contributed by atoms with Gasteiger partial charge in [0.05, 0.1) is 30.0 Å². The molecular formula is C18H17ClN2O5S. The topological polar surface area (TPSA) is 79.1 Å². The fraction of sp³-hybridized carbons (Fsp3) is 0.278. The molecule has 7 nitrogen and oxygen atoms in total. The number of aromatic nitrogens is 2. The summed E-state index contributed by atoms with van der Waals surface area (Å²) in [5.74, 6) is 0.0946. The monoisotopic (exact) mass is 408 g/mol. The summed E-state index contributed by atoms with van der Waals surface area (Å²) in [6.45, 7) is 3.93. The van der Waals surface area contributed by atoms with Crippen LogP contribution in [0.2, 0.25) is 5.02 Å². The quantitative estimate of drug-likeness (QED) is 0.581. The Balaban J connectivity index is 1.80. The highest BCUT2D eigenvalue weighted by atomic mass is 35.5. The molecule has 2 aromatic heterocycles. The first-order chi connectivity index (χ1) is 12.9. The number of hydrogen-bond acceptors (Lipinski definition) is 7. The number of thiazole rings is 1. The Kier molecular flexibility index (Phi) is 5.67. The maximum Gasteiger partial charge on any atom is 0.338 e. The van der Waals surface area contributed by atoms with Crippen LogP contribution in [0.3, 0.4) is 0 Å². The van der Waals surface area contributed by atoms with Crippen LogP contribution in [0.15, 0.2) is 28.4 Å². The molecule has 0 fully saturated rings. The molecule has 0 radical (unpaired) electrons. The van der Waals surface area contributed by atoms with Gasteiger partial charge in [-0.05, 0) is 26.0 Å². The van der Waals surface area contributed by atoms with Crippen molar-refractivity contribution in [1.82, 2.24) is 9.38 Å². The first-order valence-corrected chi connectivity index (χ1v) is 9.34. The van der Waals surface area contributed by atoms with Gasteiger partial charge in [0.2, 0.25) is 0 Å². The highest BCUT2D eigenvalue weighted by molar-refractivity contribution is 7.15. The average Bonchev–Trinajstić information content (AvgIpc) is 3.02. The third kappa shape index (κ3) is 3.91. The molecule has 3 rings (SSSR count). The Hall–Kier alpha value is -2.58. The maximum absolute atomic E-state index is 12.4. The molecule has 3 aromatic rings. The summed E-state index contributed by atoms with van der Waals surface area (Å²) in [5.41, 5.74) is 1.19. The van der Waals surface area contributed by atoms with Gasteiger partial charge < -0.3 is 14.2 Å². The van der Waals surface area contributed by atoms with E-state index in [0.717, 1.165) is 5.69 Å². The van der Waals surface area contributed by atoms with E-state index < -0.39 is 5.97 Å². The normalized spacial score (nSPS) is 10.8. The number of hydrogen-bond donors (Lipinski definition) is 0. The molecule has 0 saturated heterocycles. The molecule has 2 heterocycles. The van der Waals surface area contributed by atoms with Gasteiger partial charge in [-0.1, -0.05) is 11.6 Å². The summed E-state index contributed by atoms with van der Waals surface area (Å²) in [7, 11) is 1.46. The SMILES string of the molecule is CCOc1c(Cl)cc(C(=O)OCc2cc(=O)n3c(C)csc3n2)cc1OC. The molecule has 0 aliphatic heterocycles. The Morgan fingerprint density at radius 1 is 1.33 bits per heavy atom. The fourth-order valence-corrected chi connectivity index (χ4v) is 3.68. The largest absolute Gasteiger partial charge is 0.493 e. The van der Waals surface area contributed by atoms with Gasteiger partial charge in [0.15, 0.2) is 16.5 Å². The van der Waals surface area contributed by atoms with Crippen molar-refractivity contribution < 1.29 is 19.0 Å². The number of ether oxygens (including phenoxy) is 3. The lowest BCUT2D eigenvalue weighted by Crippen LogP contribution is -2.16. The molecule has 142 valence electrons. The summed E-state index contributed by atoms with van der Waals surface area (Å²) in [6, 6.07) is 4.30. The zero-order valence-electron chi connectivity index (χ0n) is 14.9. The highest BCUT2D eigenvalue weighted by Gasteiger charge is 2.17. The average molecular weight is 409 g/mol. The summed E-state index contributed by atoms with van der Waals surface area (Å²) >= 11 is 7.52. The second-order valence-corrected chi connectivity index (χ2v) is 6.82. The predicted molar refractivity (Wildman–Crippen MR) is 102 cm³/mol. The van der Waals surface area contributed by atoms with Gasteiger partial charge in [-0.25, -0.2) is 9.78 Å². The van der Waals surface area contributed by atoms with Crippen LogP contribution < -0.4 is 15.0 Å². The van der Waals surface area contributed by atoms with Crippen LogP contribution in [0, 0.1) is 6.92 Å². The number of esters is 1. The minimum atomic E-state index is -0.609. The third-order valence-electron chi connectivity index (χ3n) is 3.73. The molecule has 1 aromatic carbocycles. The lowest BCUT2D eigenvalue weighted by atomic mass is 10.2. The highest BCUT2D eigenvalue weighted by Crippen LogP contribution is 2.36. The third-order valence-corrected chi connectivity index (χ3v) is 4.96. The number of methoxy groups -OCH3 is 1. The molecule has 9 heteroatoms. The Morgan fingerprint density at radius 2 is 2.11 bits per heavy atom. The van der Waals surface area contributed by atoms with E-state index in [0.29, 0.717) is 28.8 Å².